The quantitative estimate of drug-likeness (QED) is 0.790. The van der Waals surface area contributed by atoms with Gasteiger partial charge in [0.2, 0.25) is 5.88 Å². The smallest absolute Gasteiger partial charge is 0.233 e. The number of aromatic nitrogens is 2. The van der Waals surface area contributed by atoms with Crippen molar-refractivity contribution in [1.29, 1.82) is 0 Å². The summed E-state index contributed by atoms with van der Waals surface area (Å²) >= 11 is 0. The first-order valence-electron chi connectivity index (χ1n) is 5.24. The van der Waals surface area contributed by atoms with Gasteiger partial charge in [0, 0.05) is 6.07 Å². The highest BCUT2D eigenvalue weighted by atomic mass is 16.5. The first-order valence-corrected chi connectivity index (χ1v) is 5.24. The van der Waals surface area contributed by atoms with Crippen LogP contribution in [0.4, 0.5) is 5.82 Å². The summed E-state index contributed by atoms with van der Waals surface area (Å²) in [5, 5.41) is 7.45. The van der Waals surface area contributed by atoms with Crippen LogP contribution in [0, 0.1) is 0 Å². The van der Waals surface area contributed by atoms with Gasteiger partial charge in [-0.05, 0) is 18.2 Å². The van der Waals surface area contributed by atoms with Gasteiger partial charge in [0.25, 0.3) is 0 Å². The Hall–Kier alpha value is -2.30. The molecule has 2 aromatic rings. The lowest BCUT2D eigenvalue weighted by Crippen LogP contribution is -2.10. The predicted molar refractivity (Wildman–Crippen MR) is 63.9 cm³/mol. The van der Waals surface area contributed by atoms with Gasteiger partial charge < -0.3 is 15.2 Å². The van der Waals surface area contributed by atoms with Crippen LogP contribution in [0.2, 0.25) is 0 Å². The third-order valence-electron chi connectivity index (χ3n) is 2.01. The van der Waals surface area contributed by atoms with Gasteiger partial charge in [0.1, 0.15) is 24.8 Å². The molecule has 0 aliphatic carbocycles. The number of benzene rings is 1. The second-order valence-corrected chi connectivity index (χ2v) is 3.31. The predicted octanol–water partition coefficient (Wildman–Crippen LogP) is 1.52. The maximum atomic E-state index is 5.45. The van der Waals surface area contributed by atoms with Gasteiger partial charge in [-0.2, -0.15) is 0 Å². The number of nitrogen functional groups attached to an aromatic ring is 1. The van der Waals surface area contributed by atoms with Crippen LogP contribution in [0.3, 0.4) is 0 Å². The zero-order valence-electron chi connectivity index (χ0n) is 9.24. The van der Waals surface area contributed by atoms with Gasteiger partial charge in [-0.1, -0.05) is 18.2 Å². The molecular weight excluding hydrogens is 218 g/mol. The van der Waals surface area contributed by atoms with Crippen LogP contribution >= 0.6 is 0 Å². The highest BCUT2D eigenvalue weighted by Crippen LogP contribution is 2.08. The number of anilines is 1. The summed E-state index contributed by atoms with van der Waals surface area (Å²) < 4.78 is 10.8. The fourth-order valence-corrected chi connectivity index (χ4v) is 1.23. The summed E-state index contributed by atoms with van der Waals surface area (Å²) in [5.74, 6) is 1.63. The number of hydrogen-bond acceptors (Lipinski definition) is 5. The summed E-state index contributed by atoms with van der Waals surface area (Å²) in [6.07, 6.45) is 0. The van der Waals surface area contributed by atoms with Crippen LogP contribution in [0.15, 0.2) is 42.5 Å². The fraction of sp³-hybridized carbons (Fsp3) is 0.167. The number of nitrogens with two attached hydrogens (primary N) is 1. The average Bonchev–Trinajstić information content (AvgIpc) is 2.38. The molecule has 1 aromatic heterocycles. The molecule has 0 unspecified atom stereocenters. The molecule has 88 valence electrons. The lowest BCUT2D eigenvalue weighted by Gasteiger charge is -2.06. The molecule has 0 atom stereocenters. The van der Waals surface area contributed by atoms with Crippen LogP contribution in [-0.2, 0) is 0 Å². The molecule has 0 fully saturated rings. The second kappa shape index (κ2) is 5.69. The van der Waals surface area contributed by atoms with Crippen molar-refractivity contribution in [2.24, 2.45) is 0 Å². The Bertz CT molecular complexity index is 445. The Labute approximate surface area is 99.2 Å². The van der Waals surface area contributed by atoms with Crippen molar-refractivity contribution in [3.8, 4) is 11.6 Å². The van der Waals surface area contributed by atoms with Crippen molar-refractivity contribution in [3.05, 3.63) is 42.5 Å². The third-order valence-corrected chi connectivity index (χ3v) is 2.01. The average molecular weight is 231 g/mol. The van der Waals surface area contributed by atoms with Gasteiger partial charge in [-0.25, -0.2) is 0 Å². The molecule has 17 heavy (non-hydrogen) atoms. The number of ether oxygens (including phenoxy) is 2. The fourth-order valence-electron chi connectivity index (χ4n) is 1.23. The molecule has 0 aliphatic heterocycles. The minimum atomic E-state index is 0.373. The van der Waals surface area contributed by atoms with Gasteiger partial charge >= 0.3 is 0 Å². The van der Waals surface area contributed by atoms with E-state index in [1.807, 2.05) is 30.3 Å². The topological polar surface area (TPSA) is 70.3 Å². The van der Waals surface area contributed by atoms with E-state index in [0.717, 1.165) is 5.75 Å². The molecule has 0 saturated heterocycles. The molecule has 0 radical (unpaired) electrons. The molecule has 0 aliphatic rings. The van der Waals surface area contributed by atoms with E-state index < -0.39 is 0 Å². The third kappa shape index (κ3) is 3.64. The summed E-state index contributed by atoms with van der Waals surface area (Å²) in [4.78, 5) is 0. The largest absolute Gasteiger partial charge is 0.490 e. The van der Waals surface area contributed by atoms with E-state index in [-0.39, 0.29) is 0 Å². The Morgan fingerprint density at radius 2 is 1.65 bits per heavy atom. The maximum absolute atomic E-state index is 5.45. The molecule has 1 heterocycles. The lowest BCUT2D eigenvalue weighted by atomic mass is 10.3. The summed E-state index contributed by atoms with van der Waals surface area (Å²) in [6, 6.07) is 12.9. The van der Waals surface area contributed by atoms with Gasteiger partial charge in [-0.15, -0.1) is 10.2 Å². The molecule has 0 saturated carbocycles. The van der Waals surface area contributed by atoms with Crippen molar-refractivity contribution >= 4 is 5.82 Å². The number of hydrogen-bond donors (Lipinski definition) is 1. The molecule has 1 aromatic carbocycles. The SMILES string of the molecule is Nc1ccc(OCCOc2ccccc2)nn1. The first kappa shape index (κ1) is 11.2. The van der Waals surface area contributed by atoms with Gasteiger partial charge in [0.05, 0.1) is 0 Å². The van der Waals surface area contributed by atoms with Gasteiger partial charge in [-0.3, -0.25) is 0 Å². The maximum Gasteiger partial charge on any atom is 0.233 e. The second-order valence-electron chi connectivity index (χ2n) is 3.31. The number of rotatable bonds is 5. The first-order chi connectivity index (χ1) is 8.34. The standard InChI is InChI=1S/C12H13N3O2/c13-11-6-7-12(15-14-11)17-9-8-16-10-4-2-1-3-5-10/h1-7H,8-9H2,(H2,13,14). The van der Waals surface area contributed by atoms with Crippen molar-refractivity contribution in [2.75, 3.05) is 18.9 Å². The molecule has 2 N–H and O–H groups in total. The van der Waals surface area contributed by atoms with Crippen molar-refractivity contribution in [3.63, 3.8) is 0 Å². The monoisotopic (exact) mass is 231 g/mol. The van der Waals surface area contributed by atoms with E-state index in [0.29, 0.717) is 24.9 Å². The summed E-state index contributed by atoms with van der Waals surface area (Å²) in [7, 11) is 0. The van der Waals surface area contributed by atoms with Crippen LogP contribution < -0.4 is 15.2 Å². The van der Waals surface area contributed by atoms with E-state index in [2.05, 4.69) is 10.2 Å². The van der Waals surface area contributed by atoms with Crippen LogP contribution in [0.5, 0.6) is 11.6 Å². The molecule has 0 bridgehead atoms. The number of nitrogens with zero attached hydrogens (tertiary/aromatic N) is 2. The molecular formula is C12H13N3O2. The van der Waals surface area contributed by atoms with E-state index in [4.69, 9.17) is 15.2 Å². The minimum Gasteiger partial charge on any atom is -0.490 e. The Kier molecular flexibility index (Phi) is 3.75. The lowest BCUT2D eigenvalue weighted by molar-refractivity contribution is 0.210. The number of para-hydroxylation sites is 1. The van der Waals surface area contributed by atoms with Crippen LogP contribution in [0.1, 0.15) is 0 Å². The Morgan fingerprint density at radius 1 is 0.882 bits per heavy atom. The Balaban J connectivity index is 1.71. The molecule has 0 amide bonds. The van der Waals surface area contributed by atoms with Crippen molar-refractivity contribution < 1.29 is 9.47 Å². The van der Waals surface area contributed by atoms with E-state index >= 15 is 0 Å². The highest BCUT2D eigenvalue weighted by molar-refractivity contribution is 5.27. The zero-order chi connectivity index (χ0) is 11.9. The van der Waals surface area contributed by atoms with E-state index in [1.165, 1.54) is 0 Å². The van der Waals surface area contributed by atoms with Crippen LogP contribution in [-0.4, -0.2) is 23.4 Å². The minimum absolute atomic E-state index is 0.373. The molecule has 0 spiro atoms. The normalized spacial score (nSPS) is 9.88. The van der Waals surface area contributed by atoms with Gasteiger partial charge in [0.15, 0.2) is 0 Å². The highest BCUT2D eigenvalue weighted by Gasteiger charge is 1.96. The zero-order valence-corrected chi connectivity index (χ0v) is 9.24. The molecule has 5 nitrogen and oxygen atoms in total. The van der Waals surface area contributed by atoms with Crippen LogP contribution in [0.25, 0.3) is 0 Å². The Morgan fingerprint density at radius 3 is 2.35 bits per heavy atom. The van der Waals surface area contributed by atoms with Crippen molar-refractivity contribution in [2.45, 2.75) is 0 Å². The van der Waals surface area contributed by atoms with Crippen molar-refractivity contribution in [1.82, 2.24) is 10.2 Å². The summed E-state index contributed by atoms with van der Waals surface area (Å²) in [6.45, 7) is 0.865. The van der Waals surface area contributed by atoms with E-state index in [9.17, 15) is 0 Å². The van der Waals surface area contributed by atoms with E-state index in [1.54, 1.807) is 12.1 Å². The summed E-state index contributed by atoms with van der Waals surface area (Å²) in [5.41, 5.74) is 5.40. The molecule has 5 heteroatoms. The molecule has 2 rings (SSSR count).